The lowest BCUT2D eigenvalue weighted by Gasteiger charge is -2.36. The molecule has 0 amide bonds. The van der Waals surface area contributed by atoms with Gasteiger partial charge in [0.05, 0.1) is 6.10 Å². The van der Waals surface area contributed by atoms with Gasteiger partial charge in [-0.3, -0.25) is 0 Å². The Morgan fingerprint density at radius 2 is 1.35 bits per heavy atom. The van der Waals surface area contributed by atoms with Gasteiger partial charge >= 0.3 is 5.97 Å². The molecule has 2 fully saturated rings. The van der Waals surface area contributed by atoms with Crippen molar-refractivity contribution in [3.8, 4) is 0 Å². The highest BCUT2D eigenvalue weighted by Gasteiger charge is 2.37. The summed E-state index contributed by atoms with van der Waals surface area (Å²) < 4.78 is 12.0. The third-order valence-electron chi connectivity index (χ3n) is 5.43. The molecule has 134 valence electrons. The van der Waals surface area contributed by atoms with Crippen molar-refractivity contribution in [3.05, 3.63) is 0 Å². The van der Waals surface area contributed by atoms with E-state index in [-0.39, 0.29) is 18.2 Å². The van der Waals surface area contributed by atoms with E-state index in [9.17, 15) is 4.79 Å². The highest BCUT2D eigenvalue weighted by Crippen LogP contribution is 2.35. The van der Waals surface area contributed by atoms with E-state index in [1.807, 2.05) is 20.8 Å². The molecule has 0 N–H and O–H groups in total. The average Bonchev–Trinajstić information content (AvgIpc) is 2.46. The van der Waals surface area contributed by atoms with Gasteiger partial charge in [-0.1, -0.05) is 26.7 Å². The van der Waals surface area contributed by atoms with Crippen molar-refractivity contribution in [1.29, 1.82) is 0 Å². The monoisotopic (exact) mass is 324 g/mol. The summed E-state index contributed by atoms with van der Waals surface area (Å²) >= 11 is 0. The summed E-state index contributed by atoms with van der Waals surface area (Å²) in [5.74, 6) is 1.77. The van der Waals surface area contributed by atoms with E-state index in [1.54, 1.807) is 0 Å². The van der Waals surface area contributed by atoms with Crippen molar-refractivity contribution >= 4 is 5.97 Å². The van der Waals surface area contributed by atoms with Crippen LogP contribution in [0.5, 0.6) is 0 Å². The maximum absolute atomic E-state index is 12.7. The normalized spacial score (nSPS) is 34.0. The number of hydrogen-bond donors (Lipinski definition) is 0. The highest BCUT2D eigenvalue weighted by atomic mass is 16.6. The van der Waals surface area contributed by atoms with Crippen molar-refractivity contribution in [2.45, 2.75) is 104 Å². The molecule has 2 aliphatic rings. The molecule has 3 heteroatoms. The Hall–Kier alpha value is -0.570. The Labute approximate surface area is 142 Å². The molecular weight excluding hydrogens is 288 g/mol. The molecule has 0 radical (unpaired) electrons. The summed E-state index contributed by atoms with van der Waals surface area (Å²) in [5, 5.41) is 0. The van der Waals surface area contributed by atoms with Crippen LogP contribution >= 0.6 is 0 Å². The number of esters is 1. The van der Waals surface area contributed by atoms with Gasteiger partial charge in [0.15, 0.2) is 6.10 Å². The molecule has 2 aliphatic carbocycles. The number of rotatable bonds is 4. The smallest absolute Gasteiger partial charge is 0.336 e. The fourth-order valence-corrected chi connectivity index (χ4v) is 3.88. The van der Waals surface area contributed by atoms with Gasteiger partial charge in [0.1, 0.15) is 5.60 Å². The minimum absolute atomic E-state index is 0.143. The second kappa shape index (κ2) is 8.00. The molecule has 2 rings (SSSR count). The summed E-state index contributed by atoms with van der Waals surface area (Å²) in [6.07, 6.45) is 9.07. The zero-order valence-corrected chi connectivity index (χ0v) is 15.8. The van der Waals surface area contributed by atoms with E-state index < -0.39 is 5.60 Å². The Balaban J connectivity index is 2.00. The molecule has 0 spiro atoms. The van der Waals surface area contributed by atoms with Gasteiger partial charge in [-0.05, 0) is 77.0 Å². The molecule has 0 aliphatic heterocycles. The lowest BCUT2D eigenvalue weighted by Crippen LogP contribution is -2.42. The lowest BCUT2D eigenvalue weighted by atomic mass is 9.80. The van der Waals surface area contributed by atoms with E-state index in [1.165, 1.54) is 25.7 Å². The molecule has 0 aromatic rings. The molecule has 3 nitrogen and oxygen atoms in total. The molecule has 1 atom stereocenters. The first kappa shape index (κ1) is 18.8. The molecule has 0 aromatic carbocycles. The Bertz CT molecular complexity index is 369. The maximum Gasteiger partial charge on any atom is 0.336 e. The third kappa shape index (κ3) is 6.10. The standard InChI is InChI=1S/C20H36O3/c1-14-6-10-16(11-7-14)18(19(21)23-20(3,4)5)22-17-12-8-15(2)9-13-17/h14-18H,6-13H2,1-5H3. The predicted molar refractivity (Wildman–Crippen MR) is 93.3 cm³/mol. The van der Waals surface area contributed by atoms with Gasteiger partial charge in [-0.15, -0.1) is 0 Å². The Morgan fingerprint density at radius 3 is 1.83 bits per heavy atom. The first-order valence-electron chi connectivity index (χ1n) is 9.63. The number of hydrogen-bond acceptors (Lipinski definition) is 3. The van der Waals surface area contributed by atoms with Crippen molar-refractivity contribution in [2.24, 2.45) is 17.8 Å². The number of carbonyl (C=O) groups excluding carboxylic acids is 1. The zero-order valence-electron chi connectivity index (χ0n) is 15.8. The molecule has 0 saturated heterocycles. The molecular formula is C20H36O3. The Kier molecular flexibility index (Phi) is 6.53. The Morgan fingerprint density at radius 1 is 0.870 bits per heavy atom. The van der Waals surface area contributed by atoms with E-state index in [4.69, 9.17) is 9.47 Å². The van der Waals surface area contributed by atoms with Crippen LogP contribution in [0.4, 0.5) is 0 Å². The maximum atomic E-state index is 12.7. The van der Waals surface area contributed by atoms with Crippen molar-refractivity contribution < 1.29 is 14.3 Å². The summed E-state index contributed by atoms with van der Waals surface area (Å²) in [6, 6.07) is 0. The van der Waals surface area contributed by atoms with Gasteiger partial charge in [-0.2, -0.15) is 0 Å². The molecule has 0 heterocycles. The van der Waals surface area contributed by atoms with Crippen molar-refractivity contribution in [2.75, 3.05) is 0 Å². The molecule has 23 heavy (non-hydrogen) atoms. The summed E-state index contributed by atoms with van der Waals surface area (Å²) in [6.45, 7) is 10.4. The lowest BCUT2D eigenvalue weighted by molar-refractivity contribution is -0.180. The van der Waals surface area contributed by atoms with E-state index in [2.05, 4.69) is 13.8 Å². The van der Waals surface area contributed by atoms with Crippen LogP contribution < -0.4 is 0 Å². The van der Waals surface area contributed by atoms with Crippen LogP contribution in [-0.2, 0) is 14.3 Å². The van der Waals surface area contributed by atoms with Crippen LogP contribution in [0.2, 0.25) is 0 Å². The van der Waals surface area contributed by atoms with Gasteiger partial charge in [-0.25, -0.2) is 4.79 Å². The number of carbonyl (C=O) groups is 1. The summed E-state index contributed by atoms with van der Waals surface area (Å²) in [4.78, 5) is 12.7. The molecule has 0 bridgehead atoms. The summed E-state index contributed by atoms with van der Waals surface area (Å²) in [5.41, 5.74) is -0.443. The largest absolute Gasteiger partial charge is 0.458 e. The predicted octanol–water partition coefficient (Wildman–Crippen LogP) is 5.12. The van der Waals surface area contributed by atoms with Gasteiger partial charge < -0.3 is 9.47 Å². The van der Waals surface area contributed by atoms with Crippen LogP contribution in [-0.4, -0.2) is 23.8 Å². The second-order valence-corrected chi connectivity index (χ2v) is 8.99. The average molecular weight is 325 g/mol. The quantitative estimate of drug-likeness (QED) is 0.673. The topological polar surface area (TPSA) is 35.5 Å². The fourth-order valence-electron chi connectivity index (χ4n) is 3.88. The SMILES string of the molecule is CC1CCC(OC(C(=O)OC(C)(C)C)C2CCC(C)CC2)CC1. The van der Waals surface area contributed by atoms with Gasteiger partial charge in [0.2, 0.25) is 0 Å². The number of ether oxygens (including phenoxy) is 2. The minimum Gasteiger partial charge on any atom is -0.458 e. The molecule has 1 unspecified atom stereocenters. The van der Waals surface area contributed by atoms with E-state index >= 15 is 0 Å². The first-order valence-corrected chi connectivity index (χ1v) is 9.63. The van der Waals surface area contributed by atoms with Gasteiger partial charge in [0.25, 0.3) is 0 Å². The third-order valence-corrected chi connectivity index (χ3v) is 5.43. The van der Waals surface area contributed by atoms with Crippen molar-refractivity contribution in [1.82, 2.24) is 0 Å². The summed E-state index contributed by atoms with van der Waals surface area (Å²) in [7, 11) is 0. The van der Waals surface area contributed by atoms with Crippen LogP contribution in [0, 0.1) is 17.8 Å². The van der Waals surface area contributed by atoms with Crippen LogP contribution in [0.3, 0.4) is 0 Å². The van der Waals surface area contributed by atoms with E-state index in [0.29, 0.717) is 5.92 Å². The van der Waals surface area contributed by atoms with E-state index in [0.717, 1.165) is 37.5 Å². The highest BCUT2D eigenvalue weighted by molar-refractivity contribution is 5.75. The zero-order chi connectivity index (χ0) is 17.0. The minimum atomic E-state index is -0.443. The van der Waals surface area contributed by atoms with Crippen LogP contribution in [0.1, 0.15) is 86.0 Å². The van der Waals surface area contributed by atoms with Crippen LogP contribution in [0.15, 0.2) is 0 Å². The fraction of sp³-hybridized carbons (Fsp3) is 0.950. The van der Waals surface area contributed by atoms with Crippen LogP contribution in [0.25, 0.3) is 0 Å². The first-order chi connectivity index (χ1) is 10.7. The molecule has 0 aromatic heterocycles. The second-order valence-electron chi connectivity index (χ2n) is 8.99. The van der Waals surface area contributed by atoms with Gasteiger partial charge in [0, 0.05) is 0 Å². The van der Waals surface area contributed by atoms with Crippen molar-refractivity contribution in [3.63, 3.8) is 0 Å². The molecule has 2 saturated carbocycles.